The van der Waals surface area contributed by atoms with Crippen LogP contribution in [0.5, 0.6) is 0 Å². The van der Waals surface area contributed by atoms with E-state index >= 15 is 0 Å². The molecule has 0 unspecified atom stereocenters. The van der Waals surface area contributed by atoms with E-state index in [4.69, 9.17) is 19.9 Å². The van der Waals surface area contributed by atoms with E-state index in [-0.39, 0.29) is 19.5 Å². The molecule has 11 rings (SSSR count). The molecule has 59 heavy (non-hydrogen) atoms. The average Bonchev–Trinajstić information content (AvgIpc) is 4.12. The van der Waals surface area contributed by atoms with Gasteiger partial charge in [-0.05, 0) is 92.1 Å². The normalized spacial score (nSPS) is 12.5. The molecule has 0 saturated heterocycles. The van der Waals surface area contributed by atoms with Crippen molar-refractivity contribution in [3.63, 3.8) is 0 Å². The van der Waals surface area contributed by atoms with Crippen molar-refractivity contribution >= 4 is 57.9 Å². The number of hydrogen-bond donors (Lipinski definition) is 0. The third kappa shape index (κ3) is 6.06. The summed E-state index contributed by atoms with van der Waals surface area (Å²) in [4.78, 5) is 47.9. The molecule has 0 saturated carbocycles. The van der Waals surface area contributed by atoms with Gasteiger partial charge in [-0.25, -0.2) is 9.97 Å². The number of rotatable bonds is 4. The van der Waals surface area contributed by atoms with Crippen LogP contribution < -0.4 is 9.97 Å². The number of ketones is 2. The Morgan fingerprint density at radius 3 is 1.07 bits per heavy atom. The summed E-state index contributed by atoms with van der Waals surface area (Å²) in [7, 11) is 0. The monoisotopic (exact) mass is 806 g/mol. The van der Waals surface area contributed by atoms with Gasteiger partial charge in [-0.3, -0.25) is 9.59 Å². The summed E-state index contributed by atoms with van der Waals surface area (Å²) in [5.41, 5.74) is 15.7. The second-order valence-corrected chi connectivity index (χ2v) is 14.4. The second kappa shape index (κ2) is 14.6. The van der Waals surface area contributed by atoms with Crippen LogP contribution in [0.1, 0.15) is 43.5 Å². The van der Waals surface area contributed by atoms with Crippen molar-refractivity contribution in [1.29, 1.82) is 0 Å². The number of benzene rings is 5. The zero-order valence-corrected chi connectivity index (χ0v) is 34.6. The van der Waals surface area contributed by atoms with Gasteiger partial charge in [0.1, 0.15) is 0 Å². The quantitative estimate of drug-likeness (QED) is 0.130. The molecular weight excluding hydrogens is 778 g/mol. The predicted octanol–water partition coefficient (Wildman–Crippen LogP) is 11.6. The van der Waals surface area contributed by atoms with Crippen LogP contribution in [0.2, 0.25) is 0 Å². The van der Waals surface area contributed by atoms with Crippen LogP contribution >= 0.6 is 0 Å². The van der Waals surface area contributed by atoms with Gasteiger partial charge in [-0.1, -0.05) is 146 Å². The molecular formula is C52H30N4O2Zn. The molecule has 0 spiro atoms. The van der Waals surface area contributed by atoms with E-state index in [0.717, 1.165) is 83.7 Å². The fourth-order valence-corrected chi connectivity index (χ4v) is 8.37. The molecule has 0 atom stereocenters. The number of fused-ring (bicyclic) bond motifs is 11. The SMILES string of the molecule is O=C1C(=O)c2ccc(-c3c4nc(c(-c5ccccc5)c5ccc([n-]5)c(-c5ccccc5)c5nc(c(-c6ccccc6)c6ccc3[n-]6)C=C5)C=C4)cc2-c2ccccc21.[Zn+2]. The van der Waals surface area contributed by atoms with Gasteiger partial charge in [0.25, 0.3) is 0 Å². The van der Waals surface area contributed by atoms with Gasteiger partial charge < -0.3 is 9.97 Å². The minimum Gasteiger partial charge on any atom is -0.657 e. The van der Waals surface area contributed by atoms with Crippen molar-refractivity contribution < 1.29 is 29.1 Å². The molecule has 6 nitrogen and oxygen atoms in total. The Hall–Kier alpha value is -7.34. The summed E-state index contributed by atoms with van der Waals surface area (Å²) in [6, 6.07) is 51.9. The first-order valence-corrected chi connectivity index (χ1v) is 19.1. The summed E-state index contributed by atoms with van der Waals surface area (Å²) < 4.78 is 0. The van der Waals surface area contributed by atoms with Gasteiger partial charge in [0.15, 0.2) is 0 Å². The van der Waals surface area contributed by atoms with Crippen LogP contribution in [0.25, 0.3) is 102 Å². The number of carbonyl (C=O) groups excluding carboxylic acids is 2. The Balaban J connectivity index is 0.00000420. The molecule has 5 aromatic carbocycles. The first kappa shape index (κ1) is 36.0. The molecule has 3 aliphatic rings. The van der Waals surface area contributed by atoms with Crippen molar-refractivity contribution in [2.24, 2.45) is 0 Å². The molecule has 0 N–H and O–H groups in total. The Bertz CT molecular complexity index is 3220. The van der Waals surface area contributed by atoms with Crippen LogP contribution in [0.15, 0.2) is 158 Å². The Morgan fingerprint density at radius 1 is 0.322 bits per heavy atom. The maximum atomic E-state index is 13.4. The average molecular weight is 808 g/mol. The predicted molar refractivity (Wildman–Crippen MR) is 233 cm³/mol. The molecule has 8 bridgehead atoms. The summed E-state index contributed by atoms with van der Waals surface area (Å²) in [5.74, 6) is -1.00. The summed E-state index contributed by atoms with van der Waals surface area (Å²) in [6.45, 7) is 0. The zero-order valence-electron chi connectivity index (χ0n) is 31.6. The molecule has 1 aliphatic carbocycles. The minimum atomic E-state index is -0.509. The minimum absolute atomic E-state index is 0. The van der Waals surface area contributed by atoms with Crippen molar-refractivity contribution in [3.8, 4) is 55.6 Å². The van der Waals surface area contributed by atoms with E-state index in [2.05, 4.69) is 60.7 Å². The maximum Gasteiger partial charge on any atom is 2.00 e. The van der Waals surface area contributed by atoms with Gasteiger partial charge in [0.2, 0.25) is 11.6 Å². The van der Waals surface area contributed by atoms with E-state index in [9.17, 15) is 9.59 Å². The molecule has 272 valence electrons. The fraction of sp³-hybridized carbons (Fsp3) is 0. The number of carbonyl (C=O) groups is 2. The molecule has 3 aromatic heterocycles. The van der Waals surface area contributed by atoms with E-state index in [1.165, 1.54) is 0 Å². The van der Waals surface area contributed by atoms with Crippen LogP contribution in [-0.2, 0) is 19.5 Å². The van der Waals surface area contributed by atoms with E-state index in [0.29, 0.717) is 27.9 Å². The molecule has 0 amide bonds. The van der Waals surface area contributed by atoms with Crippen LogP contribution in [0, 0.1) is 0 Å². The van der Waals surface area contributed by atoms with Crippen LogP contribution in [0.4, 0.5) is 0 Å². The Labute approximate surface area is 352 Å². The molecule has 8 aromatic rings. The summed E-state index contributed by atoms with van der Waals surface area (Å²) in [6.07, 6.45) is 8.20. The van der Waals surface area contributed by atoms with Gasteiger partial charge in [-0.15, -0.1) is 22.1 Å². The van der Waals surface area contributed by atoms with Gasteiger partial charge in [-0.2, -0.15) is 0 Å². The second-order valence-electron chi connectivity index (χ2n) is 14.4. The molecule has 5 heterocycles. The standard InChI is InChI=1S/C52H32N4O2.Zn/c57-51-36-19-11-10-18-35(36)38-30-34(20-21-37(38)52(51)58)50-45-28-26-43(55-45)48(32-14-6-2-7-15-32)41-24-22-39(53-41)47(31-12-4-1-5-13-31)40-23-25-42(54-40)49(33-16-8-3-9-17-33)44-27-29-46(50)56-44;/h1-30H,(H2,53,54,55,56,57,58);/q;+2/p-2. The summed E-state index contributed by atoms with van der Waals surface area (Å²) >= 11 is 0. The first-order valence-electron chi connectivity index (χ1n) is 19.1. The topological polar surface area (TPSA) is 88.1 Å². The van der Waals surface area contributed by atoms with Crippen molar-refractivity contribution in [3.05, 3.63) is 192 Å². The number of hydrogen-bond acceptors (Lipinski definition) is 4. The molecule has 2 aliphatic heterocycles. The maximum absolute atomic E-state index is 13.4. The number of Topliss-reactive ketones (excluding diaryl/α,β-unsaturated/α-hetero) is 2. The summed E-state index contributed by atoms with van der Waals surface area (Å²) in [5, 5.41) is 0. The van der Waals surface area contributed by atoms with E-state index < -0.39 is 11.6 Å². The molecule has 7 heteroatoms. The zero-order chi connectivity index (χ0) is 38.7. The van der Waals surface area contributed by atoms with Gasteiger partial charge in [0.05, 0.1) is 22.8 Å². The molecule has 0 radical (unpaired) electrons. The smallest absolute Gasteiger partial charge is 0.657 e. The number of aromatic nitrogens is 4. The van der Waals surface area contributed by atoms with Crippen LogP contribution in [0.3, 0.4) is 0 Å². The Kier molecular flexibility index (Phi) is 8.89. The van der Waals surface area contributed by atoms with Gasteiger partial charge in [0, 0.05) is 11.1 Å². The largest absolute Gasteiger partial charge is 2.00 e. The third-order valence-electron chi connectivity index (χ3n) is 11.0. The van der Waals surface area contributed by atoms with Crippen LogP contribution in [-0.4, -0.2) is 21.5 Å². The van der Waals surface area contributed by atoms with Crippen molar-refractivity contribution in [1.82, 2.24) is 19.9 Å². The van der Waals surface area contributed by atoms with Crippen molar-refractivity contribution in [2.75, 3.05) is 0 Å². The fourth-order valence-electron chi connectivity index (χ4n) is 8.37. The molecule has 0 fully saturated rings. The van der Waals surface area contributed by atoms with Crippen molar-refractivity contribution in [2.45, 2.75) is 0 Å². The Morgan fingerprint density at radius 2 is 0.661 bits per heavy atom. The van der Waals surface area contributed by atoms with E-state index in [1.807, 2.05) is 103 Å². The van der Waals surface area contributed by atoms with Gasteiger partial charge >= 0.3 is 19.5 Å². The third-order valence-corrected chi connectivity index (χ3v) is 11.0. The number of nitrogens with zero attached hydrogens (tertiary/aromatic N) is 4. The first-order chi connectivity index (χ1) is 28.6. The van der Waals surface area contributed by atoms with E-state index in [1.54, 1.807) is 18.2 Å².